The first kappa shape index (κ1) is 34.8. The first-order chi connectivity index (χ1) is 22.8. The number of benzene rings is 2. The number of nitrogens with one attached hydrogen (secondary N) is 1. The van der Waals surface area contributed by atoms with Gasteiger partial charge in [-0.3, -0.25) is 4.79 Å². The molecule has 3 N–H and O–H groups in total. The Hall–Kier alpha value is -3.02. The number of nitriles is 1. The number of likely N-dealkylation sites (tertiary alicyclic amines) is 2. The van der Waals surface area contributed by atoms with E-state index in [1.54, 1.807) is 0 Å². The Morgan fingerprint density at radius 1 is 0.771 bits per heavy atom. The summed E-state index contributed by atoms with van der Waals surface area (Å²) in [7, 11) is -2.84. The zero-order valence-corrected chi connectivity index (χ0v) is 29.6. The smallest absolute Gasteiger partial charge is 0.292 e. The summed E-state index contributed by atoms with van der Waals surface area (Å²) >= 11 is 0. The largest absolute Gasteiger partial charge is 0.387 e. The number of rotatable bonds is 6. The minimum atomic E-state index is -3.36. The van der Waals surface area contributed by atoms with E-state index in [2.05, 4.69) is 17.4 Å². The van der Waals surface area contributed by atoms with Crippen LogP contribution in [0.2, 0.25) is 0 Å². The van der Waals surface area contributed by atoms with Crippen LogP contribution < -0.4 is 15.2 Å². The van der Waals surface area contributed by atoms with Gasteiger partial charge in [0.15, 0.2) is 9.84 Å². The van der Waals surface area contributed by atoms with Crippen LogP contribution in [0.1, 0.15) is 70.2 Å². The van der Waals surface area contributed by atoms with Gasteiger partial charge in [-0.1, -0.05) is 12.1 Å². The number of fused-ring (bicyclic) bond motifs is 4. The molecule has 0 aromatic heterocycles. The summed E-state index contributed by atoms with van der Waals surface area (Å²) in [5.41, 5.74) is 11.5. The lowest BCUT2D eigenvalue weighted by atomic mass is 9.98. The second-order valence-corrected chi connectivity index (χ2v) is 18.4. The van der Waals surface area contributed by atoms with Crippen molar-refractivity contribution < 1.29 is 26.4 Å². The van der Waals surface area contributed by atoms with Gasteiger partial charge < -0.3 is 19.9 Å². The van der Waals surface area contributed by atoms with Crippen LogP contribution in [0, 0.1) is 11.5 Å². The molecule has 0 atom stereocenters. The SMILES string of the molecule is CN1CC(S(=O)(=O)CC(=O)Nc2c3c(cc4c2CCC4)CCC3)C1.CN1CC(S(N)(=O)=O)C1.N#COc1c2c(cc3c1CCC3)CCC2. The number of amides is 1. The van der Waals surface area contributed by atoms with E-state index >= 15 is 0 Å². The van der Waals surface area contributed by atoms with Crippen LogP contribution in [0.3, 0.4) is 0 Å². The quantitative estimate of drug-likeness (QED) is 0.432. The Morgan fingerprint density at radius 2 is 1.19 bits per heavy atom. The molecule has 4 aliphatic carbocycles. The first-order valence-corrected chi connectivity index (χ1v) is 20.5. The van der Waals surface area contributed by atoms with Gasteiger partial charge in [0.2, 0.25) is 15.9 Å². The lowest BCUT2D eigenvalue weighted by molar-refractivity contribution is -0.113. The molecule has 6 aliphatic rings. The molecule has 260 valence electrons. The van der Waals surface area contributed by atoms with Gasteiger partial charge in [0.1, 0.15) is 16.8 Å². The van der Waals surface area contributed by atoms with Crippen LogP contribution in [-0.2, 0) is 76.0 Å². The molecule has 2 aromatic carbocycles. The monoisotopic (exact) mass is 697 g/mol. The molecule has 0 spiro atoms. The van der Waals surface area contributed by atoms with Crippen LogP contribution in [0.4, 0.5) is 5.69 Å². The van der Waals surface area contributed by atoms with Crippen molar-refractivity contribution in [2.45, 2.75) is 87.5 Å². The van der Waals surface area contributed by atoms with E-state index in [-0.39, 0.29) is 16.4 Å². The summed E-state index contributed by atoms with van der Waals surface area (Å²) in [6.45, 7) is 2.23. The van der Waals surface area contributed by atoms with Crippen LogP contribution >= 0.6 is 0 Å². The molecule has 1 amide bonds. The molecule has 0 unspecified atom stereocenters. The number of nitrogens with zero attached hydrogens (tertiary/aromatic N) is 3. The van der Waals surface area contributed by atoms with Gasteiger partial charge in [-0.2, -0.15) is 0 Å². The van der Waals surface area contributed by atoms with Crippen LogP contribution in [0.15, 0.2) is 12.1 Å². The van der Waals surface area contributed by atoms with Crippen molar-refractivity contribution in [2.75, 3.05) is 51.3 Å². The predicted octanol–water partition coefficient (Wildman–Crippen LogP) is 2.44. The number of anilines is 1. The molecule has 0 saturated carbocycles. The molecule has 2 fully saturated rings. The summed E-state index contributed by atoms with van der Waals surface area (Å²) in [6.07, 6.45) is 15.1. The van der Waals surface area contributed by atoms with E-state index in [9.17, 15) is 21.6 Å². The molecule has 2 heterocycles. The summed E-state index contributed by atoms with van der Waals surface area (Å²) in [5.74, 6) is 0.128. The lowest BCUT2D eigenvalue weighted by Gasteiger charge is -2.35. The van der Waals surface area contributed by atoms with Crippen molar-refractivity contribution in [3.63, 3.8) is 0 Å². The number of sulfonamides is 1. The Morgan fingerprint density at radius 3 is 1.58 bits per heavy atom. The van der Waals surface area contributed by atoms with Crippen LogP contribution in [0.25, 0.3) is 0 Å². The molecule has 2 saturated heterocycles. The van der Waals surface area contributed by atoms with Crippen molar-refractivity contribution in [1.29, 1.82) is 5.26 Å². The zero-order chi connectivity index (χ0) is 34.2. The van der Waals surface area contributed by atoms with E-state index in [4.69, 9.17) is 15.1 Å². The molecule has 0 bridgehead atoms. The Balaban J connectivity index is 0.000000142. The summed E-state index contributed by atoms with van der Waals surface area (Å²) in [5, 5.41) is 15.8. The minimum Gasteiger partial charge on any atom is -0.387 e. The van der Waals surface area contributed by atoms with Gasteiger partial charge in [-0.15, -0.1) is 5.26 Å². The number of carbonyl (C=O) groups is 1. The van der Waals surface area contributed by atoms with E-state index in [0.717, 1.165) is 75.6 Å². The number of aryl methyl sites for hydroxylation is 4. The molecule has 2 aromatic rings. The number of hydrogen-bond acceptors (Lipinski definition) is 9. The maximum absolute atomic E-state index is 12.4. The second kappa shape index (κ2) is 14.1. The van der Waals surface area contributed by atoms with Crippen molar-refractivity contribution in [3.8, 4) is 12.0 Å². The Labute approximate surface area is 284 Å². The summed E-state index contributed by atoms with van der Waals surface area (Å²) < 4.78 is 50.9. The maximum atomic E-state index is 12.4. The third kappa shape index (κ3) is 7.43. The van der Waals surface area contributed by atoms with Gasteiger partial charge in [0.25, 0.3) is 6.26 Å². The topological polar surface area (TPSA) is 163 Å². The third-order valence-electron chi connectivity index (χ3n) is 10.7. The number of hydrogen-bond donors (Lipinski definition) is 2. The normalized spacial score (nSPS) is 20.0. The molecule has 0 radical (unpaired) electrons. The molecular weight excluding hydrogens is 651 g/mol. The van der Waals surface area contributed by atoms with Gasteiger partial charge in [0, 0.05) is 31.9 Å². The van der Waals surface area contributed by atoms with Crippen molar-refractivity contribution in [2.24, 2.45) is 5.14 Å². The predicted molar refractivity (Wildman–Crippen MR) is 185 cm³/mol. The summed E-state index contributed by atoms with van der Waals surface area (Å²) in [6, 6.07) is 4.65. The fourth-order valence-electron chi connectivity index (χ4n) is 8.09. The number of sulfone groups is 1. The van der Waals surface area contributed by atoms with E-state index < -0.39 is 25.6 Å². The van der Waals surface area contributed by atoms with Gasteiger partial charge >= 0.3 is 0 Å². The zero-order valence-electron chi connectivity index (χ0n) is 28.0. The number of carbonyl (C=O) groups excluding carboxylic acids is 1. The molecule has 8 rings (SSSR count). The van der Waals surface area contributed by atoms with Crippen LogP contribution in [-0.4, -0.2) is 89.1 Å². The number of ether oxygens (including phenoxy) is 1. The van der Waals surface area contributed by atoms with Crippen molar-refractivity contribution in [3.05, 3.63) is 56.6 Å². The fraction of sp³-hybridized carbons (Fsp3) is 0.600. The highest BCUT2D eigenvalue weighted by Gasteiger charge is 2.37. The highest BCUT2D eigenvalue weighted by Crippen LogP contribution is 2.40. The Kier molecular flexibility index (Phi) is 10.2. The van der Waals surface area contributed by atoms with E-state index in [1.165, 1.54) is 57.3 Å². The van der Waals surface area contributed by atoms with Crippen LogP contribution in [0.5, 0.6) is 5.75 Å². The van der Waals surface area contributed by atoms with E-state index in [0.29, 0.717) is 26.2 Å². The van der Waals surface area contributed by atoms with Gasteiger partial charge in [-0.05, 0) is 136 Å². The van der Waals surface area contributed by atoms with Crippen molar-refractivity contribution >= 4 is 31.5 Å². The minimum absolute atomic E-state index is 0.317. The molecule has 11 nitrogen and oxygen atoms in total. The first-order valence-electron chi connectivity index (χ1n) is 17.1. The average Bonchev–Trinajstić information content (AvgIpc) is 3.80. The Bertz CT molecular complexity index is 1780. The van der Waals surface area contributed by atoms with E-state index in [1.807, 2.05) is 30.2 Å². The molecule has 2 aliphatic heterocycles. The summed E-state index contributed by atoms with van der Waals surface area (Å²) in [4.78, 5) is 16.3. The molecule has 13 heteroatoms. The maximum Gasteiger partial charge on any atom is 0.292 e. The second-order valence-electron chi connectivity index (χ2n) is 14.2. The van der Waals surface area contributed by atoms with Gasteiger partial charge in [0.05, 0.1) is 5.25 Å². The van der Waals surface area contributed by atoms with Crippen molar-refractivity contribution in [1.82, 2.24) is 9.80 Å². The average molecular weight is 698 g/mol. The number of nitrogens with two attached hydrogens (primary N) is 1. The standard InChI is InChI=1S/C18H24N2O3S.C13H13NO.C4H10N2O2S/c1-20-9-14(10-20)24(22,23)11-17(21)19-18-15-6-2-4-12(15)8-13-5-3-7-16(13)18;14-8-15-13-11-5-1-3-9(11)7-10-4-2-6-12(10)13;1-6-2-4(3-6)9(5,7)8/h8,14H,2-7,9-11H2,1H3,(H,19,21);7H,1-6H2;4H,2-3H2,1H3,(H2,5,7,8). The fourth-order valence-corrected chi connectivity index (χ4v) is 10.7. The lowest BCUT2D eigenvalue weighted by Crippen LogP contribution is -2.54. The third-order valence-corrected chi connectivity index (χ3v) is 13.9. The molecule has 48 heavy (non-hydrogen) atoms. The highest BCUT2D eigenvalue weighted by atomic mass is 32.2. The van der Waals surface area contributed by atoms with Gasteiger partial charge in [-0.25, -0.2) is 22.0 Å². The molecular formula is C35H47N5O6S2. The number of primary sulfonamides is 1. The highest BCUT2D eigenvalue weighted by molar-refractivity contribution is 7.92.